The molecular formula is C23H30N2O6. The number of hydrogen-bond acceptors (Lipinski definition) is 6. The van der Waals surface area contributed by atoms with Crippen LogP contribution in [0, 0.1) is 0 Å². The Morgan fingerprint density at radius 2 is 2.10 bits per heavy atom. The van der Waals surface area contributed by atoms with Gasteiger partial charge in [-0.3, -0.25) is 4.79 Å². The zero-order valence-corrected chi connectivity index (χ0v) is 18.0. The molecular weight excluding hydrogens is 400 g/mol. The molecule has 8 nitrogen and oxygen atoms in total. The molecule has 0 aliphatic carbocycles. The molecule has 2 amide bonds. The number of urea groups is 1. The number of allylic oxidation sites excluding steroid dienone is 2. The van der Waals surface area contributed by atoms with Gasteiger partial charge < -0.3 is 25.2 Å². The summed E-state index contributed by atoms with van der Waals surface area (Å²) in [5, 5.41) is 15.6. The topological polar surface area (TPSA) is 114 Å². The average Bonchev–Trinajstić information content (AvgIpc) is 2.74. The van der Waals surface area contributed by atoms with E-state index in [2.05, 4.69) is 10.6 Å². The second kappa shape index (κ2) is 12.4. The standard InChI is InChI=1S/C23H30N2O6/c1-16-9-10-18(26)8-5-3-4-7-17-13-19(30-12-6-11-25-23(29)24-2)14-20(27)21(17)22(28)31-15-16/h4,7,9,13-14,27H,3,5-6,8,10-12,15H2,1-2H3,(H2,24,25,29). The predicted molar refractivity (Wildman–Crippen MR) is 117 cm³/mol. The summed E-state index contributed by atoms with van der Waals surface area (Å²) in [5.41, 5.74) is 1.33. The molecule has 0 spiro atoms. The number of ether oxygens (including phenoxy) is 2. The number of rotatable bonds is 5. The summed E-state index contributed by atoms with van der Waals surface area (Å²) < 4.78 is 11.0. The van der Waals surface area contributed by atoms with Crippen LogP contribution in [0.15, 0.2) is 29.9 Å². The molecule has 1 aromatic carbocycles. The maximum atomic E-state index is 12.6. The Balaban J connectivity index is 2.15. The van der Waals surface area contributed by atoms with Gasteiger partial charge in [-0.2, -0.15) is 0 Å². The monoisotopic (exact) mass is 430 g/mol. The van der Waals surface area contributed by atoms with E-state index in [-0.39, 0.29) is 29.7 Å². The van der Waals surface area contributed by atoms with Crippen LogP contribution in [0.4, 0.5) is 4.79 Å². The minimum atomic E-state index is -0.644. The fraction of sp³-hybridized carbons (Fsp3) is 0.435. The van der Waals surface area contributed by atoms with E-state index in [1.807, 2.05) is 6.08 Å². The van der Waals surface area contributed by atoms with Crippen molar-refractivity contribution in [3.8, 4) is 11.5 Å². The summed E-state index contributed by atoms with van der Waals surface area (Å²) in [6, 6.07) is 2.78. The summed E-state index contributed by atoms with van der Waals surface area (Å²) in [6.07, 6.45) is 8.13. The zero-order chi connectivity index (χ0) is 22.6. The van der Waals surface area contributed by atoms with Crippen molar-refractivity contribution < 1.29 is 29.0 Å². The second-order valence-corrected chi connectivity index (χ2v) is 7.28. The van der Waals surface area contributed by atoms with E-state index in [4.69, 9.17) is 9.47 Å². The van der Waals surface area contributed by atoms with E-state index in [0.717, 1.165) is 5.57 Å². The summed E-state index contributed by atoms with van der Waals surface area (Å²) in [7, 11) is 1.54. The summed E-state index contributed by atoms with van der Waals surface area (Å²) in [4.78, 5) is 35.7. The van der Waals surface area contributed by atoms with Crippen molar-refractivity contribution >= 4 is 23.9 Å². The number of phenolic OH excluding ortho intramolecular Hbond substituents is 1. The van der Waals surface area contributed by atoms with Gasteiger partial charge in [-0.15, -0.1) is 0 Å². The third-order valence-electron chi connectivity index (χ3n) is 4.66. The van der Waals surface area contributed by atoms with Crippen LogP contribution in [0.2, 0.25) is 0 Å². The number of benzene rings is 1. The molecule has 0 atom stereocenters. The number of cyclic esters (lactones) is 1. The number of esters is 1. The lowest BCUT2D eigenvalue weighted by molar-refractivity contribution is -0.118. The van der Waals surface area contributed by atoms with E-state index in [1.54, 1.807) is 25.1 Å². The van der Waals surface area contributed by atoms with Crippen LogP contribution < -0.4 is 15.4 Å². The number of aromatic hydroxyl groups is 1. The number of hydrogen-bond donors (Lipinski definition) is 3. The smallest absolute Gasteiger partial charge is 0.342 e. The summed E-state index contributed by atoms with van der Waals surface area (Å²) >= 11 is 0. The Bertz CT molecular complexity index is 860. The Morgan fingerprint density at radius 3 is 2.87 bits per heavy atom. The van der Waals surface area contributed by atoms with Crippen LogP contribution in [-0.4, -0.2) is 49.7 Å². The lowest BCUT2D eigenvalue weighted by Crippen LogP contribution is -2.33. The average molecular weight is 431 g/mol. The first-order chi connectivity index (χ1) is 14.9. The summed E-state index contributed by atoms with van der Waals surface area (Å²) in [5.74, 6) is -0.319. The van der Waals surface area contributed by atoms with E-state index >= 15 is 0 Å². The van der Waals surface area contributed by atoms with Crippen LogP contribution in [0.1, 0.15) is 54.9 Å². The number of carbonyl (C=O) groups is 3. The molecule has 0 saturated heterocycles. The SMILES string of the molecule is CNC(=O)NCCCOc1cc(O)c2c(c1)C=CCCCC(=O)CC=C(C)COC2=O. The van der Waals surface area contributed by atoms with Crippen molar-refractivity contribution in [3.63, 3.8) is 0 Å². The van der Waals surface area contributed by atoms with Crippen molar-refractivity contribution in [3.05, 3.63) is 41.0 Å². The first kappa shape index (κ1) is 24.0. The van der Waals surface area contributed by atoms with Gasteiger partial charge >= 0.3 is 12.0 Å². The van der Waals surface area contributed by atoms with Crippen molar-refractivity contribution in [1.82, 2.24) is 10.6 Å². The number of nitrogens with one attached hydrogen (secondary N) is 2. The quantitative estimate of drug-likeness (QED) is 0.375. The Kier molecular flexibility index (Phi) is 9.61. The van der Waals surface area contributed by atoms with Crippen LogP contribution in [0.3, 0.4) is 0 Å². The molecule has 0 bridgehead atoms. The van der Waals surface area contributed by atoms with Gasteiger partial charge in [-0.05, 0) is 43.4 Å². The van der Waals surface area contributed by atoms with Crippen LogP contribution in [0.5, 0.6) is 11.5 Å². The van der Waals surface area contributed by atoms with Crippen molar-refractivity contribution in [2.24, 2.45) is 0 Å². The predicted octanol–water partition coefficient (Wildman–Crippen LogP) is 3.35. The first-order valence-electron chi connectivity index (χ1n) is 10.4. The molecule has 1 aliphatic heterocycles. The molecule has 0 fully saturated rings. The molecule has 0 saturated carbocycles. The molecule has 2 rings (SSSR count). The van der Waals surface area contributed by atoms with Gasteiger partial charge in [0.2, 0.25) is 0 Å². The van der Waals surface area contributed by atoms with Gasteiger partial charge in [0, 0.05) is 32.5 Å². The number of ketones is 1. The molecule has 0 aromatic heterocycles. The third-order valence-corrected chi connectivity index (χ3v) is 4.66. The van der Waals surface area contributed by atoms with Crippen molar-refractivity contribution in [2.45, 2.75) is 39.0 Å². The molecule has 168 valence electrons. The molecule has 1 aromatic rings. The molecule has 1 heterocycles. The minimum Gasteiger partial charge on any atom is -0.507 e. The summed E-state index contributed by atoms with van der Waals surface area (Å²) in [6.45, 7) is 2.60. The highest BCUT2D eigenvalue weighted by Gasteiger charge is 2.19. The minimum absolute atomic E-state index is 0.0469. The highest BCUT2D eigenvalue weighted by atomic mass is 16.5. The molecule has 31 heavy (non-hydrogen) atoms. The van der Waals surface area contributed by atoms with E-state index in [1.165, 1.54) is 13.1 Å². The van der Waals surface area contributed by atoms with E-state index in [9.17, 15) is 19.5 Å². The lowest BCUT2D eigenvalue weighted by atomic mass is 10.0. The van der Waals surface area contributed by atoms with Crippen LogP contribution >= 0.6 is 0 Å². The second-order valence-electron chi connectivity index (χ2n) is 7.28. The Morgan fingerprint density at radius 1 is 1.29 bits per heavy atom. The van der Waals surface area contributed by atoms with Crippen LogP contribution in [0.25, 0.3) is 6.08 Å². The fourth-order valence-electron chi connectivity index (χ4n) is 2.94. The highest BCUT2D eigenvalue weighted by molar-refractivity contribution is 5.97. The molecule has 0 unspecified atom stereocenters. The maximum absolute atomic E-state index is 12.6. The van der Waals surface area contributed by atoms with Gasteiger partial charge in [0.05, 0.1) is 6.61 Å². The largest absolute Gasteiger partial charge is 0.507 e. The number of phenols is 1. The van der Waals surface area contributed by atoms with E-state index in [0.29, 0.717) is 56.6 Å². The van der Waals surface area contributed by atoms with Crippen molar-refractivity contribution in [1.29, 1.82) is 0 Å². The highest BCUT2D eigenvalue weighted by Crippen LogP contribution is 2.30. The fourth-order valence-corrected chi connectivity index (χ4v) is 2.94. The van der Waals surface area contributed by atoms with Crippen LogP contribution in [-0.2, 0) is 9.53 Å². The first-order valence-corrected chi connectivity index (χ1v) is 10.4. The molecule has 0 radical (unpaired) electrons. The lowest BCUT2D eigenvalue weighted by Gasteiger charge is -2.13. The number of carbonyl (C=O) groups excluding carboxylic acids is 3. The Labute approximate surface area is 182 Å². The molecule has 8 heteroatoms. The Hall–Kier alpha value is -3.29. The van der Waals surface area contributed by atoms with Gasteiger partial charge in [0.15, 0.2) is 0 Å². The third kappa shape index (κ3) is 8.16. The molecule has 1 aliphatic rings. The van der Waals surface area contributed by atoms with E-state index < -0.39 is 5.97 Å². The van der Waals surface area contributed by atoms with Gasteiger partial charge in [0.25, 0.3) is 0 Å². The number of fused-ring (bicyclic) bond motifs is 1. The van der Waals surface area contributed by atoms with Gasteiger partial charge in [-0.1, -0.05) is 18.2 Å². The zero-order valence-electron chi connectivity index (χ0n) is 18.0. The van der Waals surface area contributed by atoms with Gasteiger partial charge in [0.1, 0.15) is 29.5 Å². The van der Waals surface area contributed by atoms with Crippen molar-refractivity contribution in [2.75, 3.05) is 26.8 Å². The normalized spacial score (nSPS) is 15.2. The number of amides is 2. The van der Waals surface area contributed by atoms with Gasteiger partial charge in [-0.25, -0.2) is 9.59 Å². The molecule has 3 N–H and O–H groups in total. The maximum Gasteiger partial charge on any atom is 0.342 e. The number of Topliss-reactive ketones (excluding diaryl/α,β-unsaturated/α-hetero) is 1.